The standard InChI is InChI=1S/C23H23NO5/c1-28-12-5-11-24-20(15-6-3-2-4-7-15)19(22(26)23(24)27)21(25)17-8-9-18-16(14-17)10-13-29-18/h2-4,6-9,14,20,25H,5,10-13H2,1H3/b21-19-. The Morgan fingerprint density at radius 1 is 1.21 bits per heavy atom. The Balaban J connectivity index is 1.79. The van der Waals surface area contributed by atoms with Crippen molar-refractivity contribution >= 4 is 17.4 Å². The molecule has 4 rings (SSSR count). The molecule has 1 N–H and O–H groups in total. The summed E-state index contributed by atoms with van der Waals surface area (Å²) in [6.45, 7) is 1.45. The summed E-state index contributed by atoms with van der Waals surface area (Å²) in [7, 11) is 1.60. The van der Waals surface area contributed by atoms with Gasteiger partial charge in [-0.05, 0) is 35.7 Å². The first-order valence-electron chi connectivity index (χ1n) is 9.70. The van der Waals surface area contributed by atoms with E-state index in [1.807, 2.05) is 36.4 Å². The maximum Gasteiger partial charge on any atom is 0.295 e. The summed E-state index contributed by atoms with van der Waals surface area (Å²) >= 11 is 0. The van der Waals surface area contributed by atoms with Crippen molar-refractivity contribution in [3.8, 4) is 5.75 Å². The molecule has 0 radical (unpaired) electrons. The van der Waals surface area contributed by atoms with E-state index in [2.05, 4.69) is 0 Å². The highest BCUT2D eigenvalue weighted by atomic mass is 16.5. The van der Waals surface area contributed by atoms with Crippen molar-refractivity contribution in [3.05, 3.63) is 70.8 Å². The second-order valence-electron chi connectivity index (χ2n) is 7.17. The number of carbonyl (C=O) groups is 2. The normalized spacial score (nSPS) is 20.0. The third-order valence-corrected chi connectivity index (χ3v) is 5.37. The Bertz CT molecular complexity index is 966. The smallest absolute Gasteiger partial charge is 0.295 e. The van der Waals surface area contributed by atoms with Crippen LogP contribution >= 0.6 is 0 Å². The minimum absolute atomic E-state index is 0.123. The summed E-state index contributed by atoms with van der Waals surface area (Å²) in [6, 6.07) is 14.0. The van der Waals surface area contributed by atoms with Crippen LogP contribution in [0.25, 0.3) is 5.76 Å². The number of likely N-dealkylation sites (tertiary alicyclic amines) is 1. The van der Waals surface area contributed by atoms with Crippen molar-refractivity contribution in [1.82, 2.24) is 4.90 Å². The molecular weight excluding hydrogens is 370 g/mol. The molecule has 2 aromatic rings. The molecule has 1 saturated heterocycles. The third kappa shape index (κ3) is 3.51. The van der Waals surface area contributed by atoms with Crippen molar-refractivity contribution < 1.29 is 24.2 Å². The summed E-state index contributed by atoms with van der Waals surface area (Å²) in [5, 5.41) is 11.1. The van der Waals surface area contributed by atoms with E-state index in [0.717, 1.165) is 23.3 Å². The SMILES string of the molecule is COCCCN1C(=O)C(=O)/C(=C(\O)c2ccc3c(c2)CCO3)C1c1ccccc1. The Kier molecular flexibility index (Phi) is 5.36. The van der Waals surface area contributed by atoms with Crippen LogP contribution < -0.4 is 4.74 Å². The quantitative estimate of drug-likeness (QED) is 0.353. The first kappa shape index (κ1) is 19.2. The van der Waals surface area contributed by atoms with E-state index >= 15 is 0 Å². The fraction of sp³-hybridized carbons (Fsp3) is 0.304. The van der Waals surface area contributed by atoms with Gasteiger partial charge < -0.3 is 19.5 Å². The molecule has 1 unspecified atom stereocenters. The highest BCUT2D eigenvalue weighted by Crippen LogP contribution is 2.40. The van der Waals surface area contributed by atoms with Gasteiger partial charge in [0.1, 0.15) is 11.5 Å². The van der Waals surface area contributed by atoms with Gasteiger partial charge >= 0.3 is 0 Å². The van der Waals surface area contributed by atoms with Gasteiger partial charge in [-0.1, -0.05) is 30.3 Å². The van der Waals surface area contributed by atoms with Crippen LogP contribution in [-0.2, 0) is 20.7 Å². The predicted octanol–water partition coefficient (Wildman–Crippen LogP) is 3.08. The minimum Gasteiger partial charge on any atom is -0.507 e. The third-order valence-electron chi connectivity index (χ3n) is 5.37. The summed E-state index contributed by atoms with van der Waals surface area (Å²) in [5.41, 5.74) is 2.41. The zero-order valence-electron chi connectivity index (χ0n) is 16.3. The highest BCUT2D eigenvalue weighted by molar-refractivity contribution is 6.46. The van der Waals surface area contributed by atoms with Crippen LogP contribution in [0.5, 0.6) is 5.75 Å². The van der Waals surface area contributed by atoms with Crippen LogP contribution in [0.15, 0.2) is 54.1 Å². The molecule has 0 aromatic heterocycles. The van der Waals surface area contributed by atoms with Crippen LogP contribution in [-0.4, -0.2) is 48.6 Å². The second kappa shape index (κ2) is 8.09. The second-order valence-corrected chi connectivity index (χ2v) is 7.17. The van der Waals surface area contributed by atoms with Gasteiger partial charge in [0.05, 0.1) is 18.2 Å². The number of fused-ring (bicyclic) bond motifs is 1. The van der Waals surface area contributed by atoms with Gasteiger partial charge in [0, 0.05) is 32.2 Å². The number of benzene rings is 2. The van der Waals surface area contributed by atoms with Gasteiger partial charge in [-0.2, -0.15) is 0 Å². The number of ketones is 1. The number of nitrogens with zero attached hydrogens (tertiary/aromatic N) is 1. The number of hydrogen-bond donors (Lipinski definition) is 1. The molecule has 2 aromatic carbocycles. The van der Waals surface area contributed by atoms with Gasteiger partial charge in [0.15, 0.2) is 0 Å². The number of rotatable bonds is 6. The molecule has 0 spiro atoms. The lowest BCUT2D eigenvalue weighted by Gasteiger charge is -2.25. The van der Waals surface area contributed by atoms with Crippen LogP contribution in [0.1, 0.15) is 29.2 Å². The molecule has 0 bridgehead atoms. The Morgan fingerprint density at radius 3 is 2.76 bits per heavy atom. The number of Topliss-reactive ketones (excluding diaryl/α,β-unsaturated/α-hetero) is 1. The summed E-state index contributed by atoms with van der Waals surface area (Å²) in [6.07, 6.45) is 1.35. The number of methoxy groups -OCH3 is 1. The Hall–Kier alpha value is -3.12. The maximum absolute atomic E-state index is 12.9. The number of aliphatic hydroxyl groups excluding tert-OH is 1. The van der Waals surface area contributed by atoms with Gasteiger partial charge in [0.25, 0.3) is 11.7 Å². The van der Waals surface area contributed by atoms with Crippen molar-refractivity contribution in [1.29, 1.82) is 0 Å². The van der Waals surface area contributed by atoms with Crippen molar-refractivity contribution in [2.24, 2.45) is 0 Å². The maximum atomic E-state index is 12.9. The average molecular weight is 393 g/mol. The molecule has 6 nitrogen and oxygen atoms in total. The van der Waals surface area contributed by atoms with Gasteiger partial charge in [-0.25, -0.2) is 0 Å². The highest BCUT2D eigenvalue weighted by Gasteiger charge is 2.45. The lowest BCUT2D eigenvalue weighted by Crippen LogP contribution is -2.31. The monoisotopic (exact) mass is 393 g/mol. The van der Waals surface area contributed by atoms with Crippen LogP contribution in [0.3, 0.4) is 0 Å². The molecule has 2 aliphatic rings. The molecule has 1 atom stereocenters. The zero-order chi connectivity index (χ0) is 20.4. The van der Waals surface area contributed by atoms with Crippen LogP contribution in [0.4, 0.5) is 0 Å². The number of aliphatic hydroxyl groups is 1. The molecule has 0 saturated carbocycles. The molecule has 2 aliphatic heterocycles. The van der Waals surface area contributed by atoms with Gasteiger partial charge in [0.2, 0.25) is 0 Å². The minimum atomic E-state index is -0.662. The number of carbonyl (C=O) groups excluding carboxylic acids is 2. The van der Waals surface area contributed by atoms with E-state index in [0.29, 0.717) is 31.7 Å². The molecule has 6 heteroatoms. The van der Waals surface area contributed by atoms with Crippen LogP contribution in [0, 0.1) is 0 Å². The van der Waals surface area contributed by atoms with Gasteiger partial charge in [-0.3, -0.25) is 9.59 Å². The van der Waals surface area contributed by atoms with E-state index in [-0.39, 0.29) is 11.3 Å². The Labute approximate surface area is 169 Å². The van der Waals surface area contributed by atoms with E-state index < -0.39 is 17.7 Å². The largest absolute Gasteiger partial charge is 0.507 e. The molecule has 150 valence electrons. The summed E-state index contributed by atoms with van der Waals surface area (Å²) < 4.78 is 10.6. The van der Waals surface area contributed by atoms with Crippen LogP contribution in [0.2, 0.25) is 0 Å². The van der Waals surface area contributed by atoms with Gasteiger partial charge in [-0.15, -0.1) is 0 Å². The zero-order valence-corrected chi connectivity index (χ0v) is 16.3. The van der Waals surface area contributed by atoms with E-state index in [1.165, 1.54) is 4.90 Å². The van der Waals surface area contributed by atoms with Crippen molar-refractivity contribution in [2.75, 3.05) is 26.9 Å². The topological polar surface area (TPSA) is 76.1 Å². The summed E-state index contributed by atoms with van der Waals surface area (Å²) in [5.74, 6) is -0.617. The molecular formula is C23H23NO5. The summed E-state index contributed by atoms with van der Waals surface area (Å²) in [4.78, 5) is 27.2. The number of hydrogen-bond acceptors (Lipinski definition) is 5. The fourth-order valence-corrected chi connectivity index (χ4v) is 3.96. The lowest BCUT2D eigenvalue weighted by atomic mass is 9.94. The molecule has 0 aliphatic carbocycles. The Morgan fingerprint density at radius 2 is 2.00 bits per heavy atom. The number of amides is 1. The molecule has 1 fully saturated rings. The van der Waals surface area contributed by atoms with E-state index in [9.17, 15) is 14.7 Å². The fourth-order valence-electron chi connectivity index (χ4n) is 3.96. The first-order chi connectivity index (χ1) is 14.1. The van der Waals surface area contributed by atoms with Crippen molar-refractivity contribution in [2.45, 2.75) is 18.9 Å². The molecule has 1 amide bonds. The van der Waals surface area contributed by atoms with E-state index in [1.54, 1.807) is 19.2 Å². The lowest BCUT2D eigenvalue weighted by molar-refractivity contribution is -0.140. The van der Waals surface area contributed by atoms with E-state index in [4.69, 9.17) is 9.47 Å². The average Bonchev–Trinajstić information content (AvgIpc) is 3.31. The predicted molar refractivity (Wildman–Crippen MR) is 108 cm³/mol. The first-order valence-corrected chi connectivity index (χ1v) is 9.70. The number of ether oxygens (including phenoxy) is 2. The molecule has 29 heavy (non-hydrogen) atoms. The van der Waals surface area contributed by atoms with Crippen molar-refractivity contribution in [3.63, 3.8) is 0 Å². The molecule has 2 heterocycles.